The Hall–Kier alpha value is -1.34. The van der Waals surface area contributed by atoms with Crippen molar-refractivity contribution in [1.82, 2.24) is 10.2 Å². The summed E-state index contributed by atoms with van der Waals surface area (Å²) in [7, 11) is 0. The van der Waals surface area contributed by atoms with Gasteiger partial charge in [0.15, 0.2) is 0 Å². The first-order valence-corrected chi connectivity index (χ1v) is 6.03. The molecule has 2 unspecified atom stereocenters. The van der Waals surface area contributed by atoms with E-state index < -0.39 is 24.1 Å². The van der Waals surface area contributed by atoms with Crippen LogP contribution in [0.1, 0.15) is 19.8 Å². The molecule has 3 atom stereocenters. The number of carboxylic acid groups (broad SMARTS) is 1. The fourth-order valence-electron chi connectivity index (χ4n) is 1.94. The minimum atomic E-state index is -1.16. The Morgan fingerprint density at radius 3 is 2.67 bits per heavy atom. The number of carboxylic acids is 1. The molecular formula is C11H20N2O5. The third-order valence-electron chi connectivity index (χ3n) is 3.16. The number of nitrogens with zero attached hydrogens (tertiary/aromatic N) is 1. The van der Waals surface area contributed by atoms with Crippen molar-refractivity contribution in [2.75, 3.05) is 19.7 Å². The molecule has 0 aromatic rings. The summed E-state index contributed by atoms with van der Waals surface area (Å²) in [5.41, 5.74) is 0. The van der Waals surface area contributed by atoms with E-state index in [9.17, 15) is 14.7 Å². The van der Waals surface area contributed by atoms with Crippen LogP contribution in [0.2, 0.25) is 0 Å². The van der Waals surface area contributed by atoms with Crippen molar-refractivity contribution in [2.45, 2.75) is 31.9 Å². The molecule has 1 aliphatic heterocycles. The average Bonchev–Trinajstić information content (AvgIpc) is 2.31. The molecule has 1 aliphatic rings. The summed E-state index contributed by atoms with van der Waals surface area (Å²) in [5.74, 6) is -1.19. The number of hydrogen-bond donors (Lipinski definition) is 4. The Bertz CT molecular complexity index is 310. The zero-order valence-corrected chi connectivity index (χ0v) is 10.4. The van der Waals surface area contributed by atoms with E-state index in [4.69, 9.17) is 10.2 Å². The number of rotatable bonds is 4. The smallest absolute Gasteiger partial charge is 0.326 e. The fraction of sp³-hybridized carbons (Fsp3) is 0.818. The predicted molar refractivity (Wildman–Crippen MR) is 63.0 cm³/mol. The highest BCUT2D eigenvalue weighted by atomic mass is 16.4. The highest BCUT2D eigenvalue weighted by molar-refractivity contribution is 5.82. The van der Waals surface area contributed by atoms with Crippen LogP contribution in [0, 0.1) is 5.92 Å². The van der Waals surface area contributed by atoms with Crippen LogP contribution in [0.5, 0.6) is 0 Å². The van der Waals surface area contributed by atoms with Crippen molar-refractivity contribution in [1.29, 1.82) is 0 Å². The van der Waals surface area contributed by atoms with Crippen LogP contribution >= 0.6 is 0 Å². The Labute approximate surface area is 105 Å². The van der Waals surface area contributed by atoms with Crippen LogP contribution in [0.3, 0.4) is 0 Å². The lowest BCUT2D eigenvalue weighted by atomic mass is 9.97. The number of carbonyl (C=O) groups excluding carboxylic acids is 1. The van der Waals surface area contributed by atoms with E-state index in [1.165, 1.54) is 4.90 Å². The van der Waals surface area contributed by atoms with Gasteiger partial charge in [0.2, 0.25) is 0 Å². The molecule has 4 N–H and O–H groups in total. The molecule has 7 heteroatoms. The predicted octanol–water partition coefficient (Wildman–Crippen LogP) is -0.766. The summed E-state index contributed by atoms with van der Waals surface area (Å²) in [4.78, 5) is 24.2. The number of aliphatic carboxylic acids is 1. The van der Waals surface area contributed by atoms with E-state index in [1.54, 1.807) is 0 Å². The number of hydrogen-bond acceptors (Lipinski definition) is 4. The van der Waals surface area contributed by atoms with Crippen molar-refractivity contribution in [3.8, 4) is 0 Å². The van der Waals surface area contributed by atoms with Crippen molar-refractivity contribution in [3.05, 3.63) is 0 Å². The Morgan fingerprint density at radius 1 is 1.50 bits per heavy atom. The molecule has 18 heavy (non-hydrogen) atoms. The minimum Gasteiger partial charge on any atom is -0.480 e. The lowest BCUT2D eigenvalue weighted by Crippen LogP contribution is -2.52. The van der Waals surface area contributed by atoms with E-state index in [1.807, 2.05) is 6.92 Å². The second-order valence-corrected chi connectivity index (χ2v) is 4.63. The van der Waals surface area contributed by atoms with E-state index in [2.05, 4.69) is 5.32 Å². The fourth-order valence-corrected chi connectivity index (χ4v) is 1.94. The van der Waals surface area contributed by atoms with Gasteiger partial charge in [0.05, 0.1) is 6.10 Å². The molecule has 0 aromatic carbocycles. The molecule has 2 amide bonds. The summed E-state index contributed by atoms with van der Waals surface area (Å²) in [6.45, 7) is 2.35. The lowest BCUT2D eigenvalue weighted by molar-refractivity contribution is -0.139. The van der Waals surface area contributed by atoms with Crippen molar-refractivity contribution < 1.29 is 24.9 Å². The standard InChI is InChI=1S/C11H20N2O5/c1-7-6-13(4-2-9(7)15)11(18)12-8(3-5-14)10(16)17/h7-9,14-15H,2-6H2,1H3,(H,12,18)(H,16,17)/t7?,8-,9?/m0/s1. The molecule has 104 valence electrons. The second kappa shape index (κ2) is 6.55. The van der Waals surface area contributed by atoms with Gasteiger partial charge in [-0.3, -0.25) is 0 Å². The van der Waals surface area contributed by atoms with Crippen LogP contribution in [0.25, 0.3) is 0 Å². The number of amides is 2. The molecular weight excluding hydrogens is 240 g/mol. The first kappa shape index (κ1) is 14.7. The first-order chi connectivity index (χ1) is 8.45. The molecule has 0 saturated carbocycles. The van der Waals surface area contributed by atoms with Gasteiger partial charge in [0, 0.05) is 26.1 Å². The highest BCUT2D eigenvalue weighted by Crippen LogP contribution is 2.16. The van der Waals surface area contributed by atoms with E-state index in [-0.39, 0.29) is 18.9 Å². The maximum Gasteiger partial charge on any atom is 0.326 e. The average molecular weight is 260 g/mol. The summed E-state index contributed by atoms with van der Waals surface area (Å²) in [6, 6.07) is -1.54. The van der Waals surface area contributed by atoms with Crippen LogP contribution in [-0.2, 0) is 4.79 Å². The topological polar surface area (TPSA) is 110 Å². The summed E-state index contributed by atoms with van der Waals surface area (Å²) in [6.07, 6.45) is 0.0566. The lowest BCUT2D eigenvalue weighted by Gasteiger charge is -2.34. The largest absolute Gasteiger partial charge is 0.480 e. The Kier molecular flexibility index (Phi) is 5.36. The molecule has 7 nitrogen and oxygen atoms in total. The summed E-state index contributed by atoms with van der Waals surface area (Å²) < 4.78 is 0. The quantitative estimate of drug-likeness (QED) is 0.531. The van der Waals surface area contributed by atoms with Gasteiger partial charge in [-0.05, 0) is 12.3 Å². The van der Waals surface area contributed by atoms with Crippen molar-refractivity contribution in [3.63, 3.8) is 0 Å². The monoisotopic (exact) mass is 260 g/mol. The molecule has 1 saturated heterocycles. The van der Waals surface area contributed by atoms with Gasteiger partial charge in [-0.2, -0.15) is 0 Å². The third kappa shape index (κ3) is 3.85. The van der Waals surface area contributed by atoms with Crippen LogP contribution < -0.4 is 5.32 Å². The highest BCUT2D eigenvalue weighted by Gasteiger charge is 2.29. The molecule has 0 aromatic heterocycles. The van der Waals surface area contributed by atoms with Gasteiger partial charge in [-0.1, -0.05) is 6.92 Å². The summed E-state index contributed by atoms with van der Waals surface area (Å²) >= 11 is 0. The van der Waals surface area contributed by atoms with Gasteiger partial charge in [0.1, 0.15) is 6.04 Å². The van der Waals surface area contributed by atoms with Gasteiger partial charge >= 0.3 is 12.0 Å². The molecule has 0 spiro atoms. The van der Waals surface area contributed by atoms with Crippen LogP contribution in [0.15, 0.2) is 0 Å². The van der Waals surface area contributed by atoms with Crippen molar-refractivity contribution >= 4 is 12.0 Å². The third-order valence-corrected chi connectivity index (χ3v) is 3.16. The molecule has 0 aliphatic carbocycles. The minimum absolute atomic E-state index is 0.0207. The van der Waals surface area contributed by atoms with E-state index in [0.29, 0.717) is 19.5 Å². The first-order valence-electron chi connectivity index (χ1n) is 6.03. The number of aliphatic hydroxyl groups excluding tert-OH is 2. The van der Waals surface area contributed by atoms with E-state index >= 15 is 0 Å². The number of nitrogens with one attached hydrogen (secondary N) is 1. The van der Waals surface area contributed by atoms with Gasteiger partial charge in [-0.15, -0.1) is 0 Å². The molecule has 1 fully saturated rings. The number of aliphatic hydroxyl groups is 2. The van der Waals surface area contributed by atoms with Gasteiger partial charge in [0.25, 0.3) is 0 Å². The van der Waals surface area contributed by atoms with E-state index in [0.717, 1.165) is 0 Å². The van der Waals surface area contributed by atoms with Crippen molar-refractivity contribution in [2.24, 2.45) is 5.92 Å². The van der Waals surface area contributed by atoms with Crippen LogP contribution in [0.4, 0.5) is 4.79 Å². The number of piperidine rings is 1. The molecule has 0 bridgehead atoms. The number of likely N-dealkylation sites (tertiary alicyclic amines) is 1. The Balaban J connectivity index is 2.51. The Morgan fingerprint density at radius 2 is 2.17 bits per heavy atom. The SMILES string of the molecule is CC1CN(C(=O)N[C@@H](CCO)C(=O)O)CCC1O. The van der Waals surface area contributed by atoms with Crippen LogP contribution in [-0.4, -0.2) is 64.1 Å². The second-order valence-electron chi connectivity index (χ2n) is 4.63. The zero-order valence-electron chi connectivity index (χ0n) is 10.4. The molecule has 1 heterocycles. The number of carbonyl (C=O) groups is 2. The zero-order chi connectivity index (χ0) is 13.7. The van der Waals surface area contributed by atoms with Gasteiger partial charge < -0.3 is 25.5 Å². The maximum absolute atomic E-state index is 11.8. The molecule has 1 rings (SSSR count). The number of urea groups is 1. The summed E-state index contributed by atoms with van der Waals surface area (Å²) in [5, 5.41) is 29.5. The maximum atomic E-state index is 11.8. The molecule has 0 radical (unpaired) electrons. The van der Waals surface area contributed by atoms with Gasteiger partial charge in [-0.25, -0.2) is 9.59 Å². The normalized spacial score (nSPS) is 25.6.